The molecule has 5 heteroatoms. The first-order chi connectivity index (χ1) is 12.3. The summed E-state index contributed by atoms with van der Waals surface area (Å²) in [6, 6.07) is 15.2. The van der Waals surface area contributed by atoms with Crippen LogP contribution in [-0.4, -0.2) is 23.7 Å². The number of carbonyl (C=O) groups excluding carboxylic acids is 1. The summed E-state index contributed by atoms with van der Waals surface area (Å²) in [5, 5.41) is 6.23. The van der Waals surface area contributed by atoms with E-state index in [1.807, 2.05) is 36.4 Å². The number of fused-ring (bicyclic) bond motifs is 1. The summed E-state index contributed by atoms with van der Waals surface area (Å²) in [5.74, 6) is 0.470. The van der Waals surface area contributed by atoms with E-state index >= 15 is 0 Å². The van der Waals surface area contributed by atoms with Crippen LogP contribution in [0.2, 0.25) is 0 Å². The summed E-state index contributed by atoms with van der Waals surface area (Å²) >= 11 is 0. The third kappa shape index (κ3) is 4.01. The van der Waals surface area contributed by atoms with Gasteiger partial charge in [0.2, 0.25) is 0 Å². The van der Waals surface area contributed by atoms with E-state index in [0.717, 1.165) is 28.5 Å². The monoisotopic (exact) mass is 333 g/mol. The third-order valence-corrected chi connectivity index (χ3v) is 3.69. The normalized spacial score (nSPS) is 10.9. The highest BCUT2D eigenvalue weighted by Gasteiger charge is 2.08. The minimum atomic E-state index is -0.282. The fourth-order valence-corrected chi connectivity index (χ4v) is 2.47. The Kier molecular flexibility index (Phi) is 5.36. The van der Waals surface area contributed by atoms with Gasteiger partial charge in [-0.15, -0.1) is 0 Å². The van der Waals surface area contributed by atoms with Gasteiger partial charge in [-0.2, -0.15) is 5.10 Å². The molecule has 0 aliphatic heterocycles. The lowest BCUT2D eigenvalue weighted by molar-refractivity contribution is 0.0955. The van der Waals surface area contributed by atoms with Gasteiger partial charge in [0.15, 0.2) is 0 Å². The van der Waals surface area contributed by atoms with Gasteiger partial charge in [0.25, 0.3) is 5.91 Å². The van der Waals surface area contributed by atoms with Crippen molar-refractivity contribution < 1.29 is 9.53 Å². The van der Waals surface area contributed by atoms with E-state index in [-0.39, 0.29) is 5.91 Å². The topological polar surface area (TPSA) is 63.6 Å². The molecule has 0 saturated heterocycles. The van der Waals surface area contributed by atoms with Gasteiger partial charge in [-0.1, -0.05) is 37.3 Å². The van der Waals surface area contributed by atoms with Crippen molar-refractivity contribution in [3.8, 4) is 5.75 Å². The predicted octanol–water partition coefficient (Wildman–Crippen LogP) is 3.79. The van der Waals surface area contributed by atoms with E-state index in [9.17, 15) is 4.79 Å². The van der Waals surface area contributed by atoms with Crippen molar-refractivity contribution in [3.05, 3.63) is 72.1 Å². The third-order valence-electron chi connectivity index (χ3n) is 3.69. The van der Waals surface area contributed by atoms with E-state index in [0.29, 0.717) is 12.2 Å². The zero-order valence-electron chi connectivity index (χ0n) is 14.0. The molecule has 3 rings (SSSR count). The molecule has 2 aromatic carbocycles. The van der Waals surface area contributed by atoms with Crippen molar-refractivity contribution in [3.63, 3.8) is 0 Å². The van der Waals surface area contributed by atoms with Crippen LogP contribution in [0, 0.1) is 0 Å². The maximum absolute atomic E-state index is 12.1. The van der Waals surface area contributed by atoms with Crippen LogP contribution >= 0.6 is 0 Å². The Bertz CT molecular complexity index is 892. The lowest BCUT2D eigenvalue weighted by atomic mass is 10.0. The lowest BCUT2D eigenvalue weighted by Gasteiger charge is -2.11. The first kappa shape index (κ1) is 16.6. The molecular weight excluding hydrogens is 314 g/mol. The number of nitrogens with one attached hydrogen (secondary N) is 1. The summed E-state index contributed by atoms with van der Waals surface area (Å²) in [5.41, 5.74) is 3.90. The minimum Gasteiger partial charge on any atom is -0.493 e. The first-order valence-corrected chi connectivity index (χ1v) is 8.17. The smallest absolute Gasteiger partial charge is 0.271 e. The van der Waals surface area contributed by atoms with Crippen LogP contribution < -0.4 is 10.2 Å². The summed E-state index contributed by atoms with van der Waals surface area (Å²) < 4.78 is 5.82. The van der Waals surface area contributed by atoms with E-state index in [1.165, 1.54) is 0 Å². The molecule has 126 valence electrons. The summed E-state index contributed by atoms with van der Waals surface area (Å²) in [7, 11) is 0. The van der Waals surface area contributed by atoms with Crippen molar-refractivity contribution in [2.75, 3.05) is 6.61 Å². The predicted molar refractivity (Wildman–Crippen MR) is 99.0 cm³/mol. The van der Waals surface area contributed by atoms with Crippen LogP contribution in [0.15, 0.2) is 66.0 Å². The average molecular weight is 333 g/mol. The fourth-order valence-electron chi connectivity index (χ4n) is 2.47. The van der Waals surface area contributed by atoms with Crippen LogP contribution in [0.5, 0.6) is 5.75 Å². The van der Waals surface area contributed by atoms with Crippen LogP contribution in [0.1, 0.15) is 29.3 Å². The Balaban J connectivity index is 1.87. The summed E-state index contributed by atoms with van der Waals surface area (Å²) in [6.07, 6.45) is 5.69. The molecule has 0 unspecified atom stereocenters. The van der Waals surface area contributed by atoms with E-state index < -0.39 is 0 Å². The molecule has 0 spiro atoms. The van der Waals surface area contributed by atoms with E-state index in [2.05, 4.69) is 22.4 Å². The van der Waals surface area contributed by atoms with E-state index in [4.69, 9.17) is 4.74 Å². The van der Waals surface area contributed by atoms with Crippen LogP contribution in [0.25, 0.3) is 10.8 Å². The maximum Gasteiger partial charge on any atom is 0.271 e. The molecule has 5 nitrogen and oxygen atoms in total. The molecule has 25 heavy (non-hydrogen) atoms. The Morgan fingerprint density at radius 3 is 2.76 bits per heavy atom. The minimum absolute atomic E-state index is 0.282. The highest BCUT2D eigenvalue weighted by molar-refractivity contribution is 6.03. The van der Waals surface area contributed by atoms with Gasteiger partial charge in [-0.3, -0.25) is 9.78 Å². The Hall–Kier alpha value is -3.21. The van der Waals surface area contributed by atoms with Gasteiger partial charge in [-0.25, -0.2) is 5.43 Å². The first-order valence-electron chi connectivity index (χ1n) is 8.17. The van der Waals surface area contributed by atoms with Gasteiger partial charge in [-0.05, 0) is 35.4 Å². The number of aromatic nitrogens is 1. The number of rotatable bonds is 6. The number of pyridine rings is 1. The number of carbonyl (C=O) groups is 1. The Morgan fingerprint density at radius 2 is 1.96 bits per heavy atom. The van der Waals surface area contributed by atoms with Gasteiger partial charge >= 0.3 is 0 Å². The number of benzene rings is 2. The standard InChI is InChI=1S/C20H19N3O2/c1-2-13-25-19-8-7-15-5-3-4-6-17(15)18(19)14-22-23-20(24)16-9-11-21-12-10-16/h3-12,14H,2,13H2,1H3,(H,23,24). The molecular formula is C20H19N3O2. The summed E-state index contributed by atoms with van der Waals surface area (Å²) in [6.45, 7) is 2.69. The van der Waals surface area contributed by atoms with Crippen LogP contribution in [0.3, 0.4) is 0 Å². The Labute approximate surface area is 146 Å². The molecule has 0 aliphatic rings. The molecule has 1 heterocycles. The summed E-state index contributed by atoms with van der Waals surface area (Å²) in [4.78, 5) is 16.0. The van der Waals surface area contributed by atoms with Gasteiger partial charge < -0.3 is 4.74 Å². The van der Waals surface area contributed by atoms with Crippen molar-refractivity contribution in [1.29, 1.82) is 0 Å². The number of hydrogen-bond acceptors (Lipinski definition) is 4. The molecule has 1 N–H and O–H groups in total. The Morgan fingerprint density at radius 1 is 1.16 bits per heavy atom. The maximum atomic E-state index is 12.1. The number of nitrogens with zero attached hydrogens (tertiary/aromatic N) is 2. The highest BCUT2D eigenvalue weighted by atomic mass is 16.5. The molecule has 0 saturated carbocycles. The molecule has 0 fully saturated rings. The molecule has 3 aromatic rings. The molecule has 1 aromatic heterocycles. The number of amides is 1. The average Bonchev–Trinajstić information content (AvgIpc) is 2.67. The quantitative estimate of drug-likeness (QED) is 0.551. The van der Waals surface area contributed by atoms with Crippen molar-refractivity contribution >= 4 is 22.9 Å². The second-order valence-electron chi connectivity index (χ2n) is 5.48. The molecule has 0 radical (unpaired) electrons. The fraction of sp³-hybridized carbons (Fsp3) is 0.150. The number of hydrogen-bond donors (Lipinski definition) is 1. The molecule has 0 atom stereocenters. The zero-order chi connectivity index (χ0) is 17.5. The largest absolute Gasteiger partial charge is 0.493 e. The van der Waals surface area contributed by atoms with Crippen molar-refractivity contribution in [2.24, 2.45) is 5.10 Å². The van der Waals surface area contributed by atoms with Crippen molar-refractivity contribution in [2.45, 2.75) is 13.3 Å². The molecule has 0 aliphatic carbocycles. The van der Waals surface area contributed by atoms with E-state index in [1.54, 1.807) is 30.7 Å². The van der Waals surface area contributed by atoms with Gasteiger partial charge in [0.1, 0.15) is 5.75 Å². The lowest BCUT2D eigenvalue weighted by Crippen LogP contribution is -2.17. The number of hydrazone groups is 1. The second-order valence-corrected chi connectivity index (χ2v) is 5.48. The molecule has 0 bridgehead atoms. The van der Waals surface area contributed by atoms with Crippen molar-refractivity contribution in [1.82, 2.24) is 10.4 Å². The van der Waals surface area contributed by atoms with Crippen LogP contribution in [-0.2, 0) is 0 Å². The SMILES string of the molecule is CCCOc1ccc2ccccc2c1C=NNC(=O)c1ccncc1. The van der Waals surface area contributed by atoms with Crippen LogP contribution in [0.4, 0.5) is 0 Å². The zero-order valence-corrected chi connectivity index (χ0v) is 14.0. The molecule has 1 amide bonds. The van der Waals surface area contributed by atoms with Gasteiger partial charge in [0, 0.05) is 23.5 Å². The second kappa shape index (κ2) is 8.06. The highest BCUT2D eigenvalue weighted by Crippen LogP contribution is 2.26. The van der Waals surface area contributed by atoms with Gasteiger partial charge in [0.05, 0.1) is 12.8 Å². The number of ether oxygens (including phenoxy) is 1.